The quantitative estimate of drug-likeness (QED) is 0.796. The fourth-order valence-corrected chi connectivity index (χ4v) is 2.69. The van der Waals surface area contributed by atoms with E-state index in [0.717, 1.165) is 17.6 Å². The summed E-state index contributed by atoms with van der Waals surface area (Å²) in [6.45, 7) is 5.79. The molecule has 2 rings (SSSR count). The minimum Gasteiger partial charge on any atom is -0.334 e. The molecule has 4 nitrogen and oxygen atoms in total. The van der Waals surface area contributed by atoms with Crippen LogP contribution in [-0.4, -0.2) is 52.9 Å². The minimum absolute atomic E-state index is 0.00859. The number of pyridine rings is 1. The van der Waals surface area contributed by atoms with Crippen LogP contribution in [0.25, 0.3) is 0 Å². The zero-order chi connectivity index (χ0) is 13.3. The minimum atomic E-state index is 0.00859. The van der Waals surface area contributed by atoms with Gasteiger partial charge in [0.25, 0.3) is 5.91 Å². The molecule has 1 aliphatic heterocycles. The van der Waals surface area contributed by atoms with Crippen molar-refractivity contribution in [3.05, 3.63) is 28.5 Å². The Hall–Kier alpha value is -0.940. The van der Waals surface area contributed by atoms with E-state index in [0.29, 0.717) is 17.8 Å². The molecule has 1 amide bonds. The van der Waals surface area contributed by atoms with Gasteiger partial charge in [-0.15, -0.1) is 0 Å². The summed E-state index contributed by atoms with van der Waals surface area (Å²) in [4.78, 5) is 20.8. The molecule has 5 heteroatoms. The molecule has 1 aliphatic rings. The van der Waals surface area contributed by atoms with E-state index in [4.69, 9.17) is 0 Å². The van der Waals surface area contributed by atoms with Crippen LogP contribution in [0.2, 0.25) is 0 Å². The van der Waals surface area contributed by atoms with Crippen molar-refractivity contribution in [1.29, 1.82) is 0 Å². The maximum Gasteiger partial charge on any atom is 0.273 e. The van der Waals surface area contributed by atoms with Crippen LogP contribution in [0.1, 0.15) is 24.3 Å². The van der Waals surface area contributed by atoms with Gasteiger partial charge in [0.1, 0.15) is 5.69 Å². The van der Waals surface area contributed by atoms with Gasteiger partial charge in [0, 0.05) is 35.8 Å². The molecule has 18 heavy (non-hydrogen) atoms. The van der Waals surface area contributed by atoms with E-state index >= 15 is 0 Å². The molecule has 1 fully saturated rings. The highest BCUT2D eigenvalue weighted by Crippen LogP contribution is 2.19. The van der Waals surface area contributed by atoms with Gasteiger partial charge in [-0.2, -0.15) is 0 Å². The van der Waals surface area contributed by atoms with Crippen LogP contribution < -0.4 is 0 Å². The first-order valence-corrected chi connectivity index (χ1v) is 6.91. The molecular weight excluding hydrogens is 294 g/mol. The smallest absolute Gasteiger partial charge is 0.273 e. The second kappa shape index (κ2) is 5.36. The summed E-state index contributed by atoms with van der Waals surface area (Å²) in [5, 5.41) is 0. The van der Waals surface area contributed by atoms with Gasteiger partial charge in [-0.3, -0.25) is 9.69 Å². The molecule has 1 saturated heterocycles. The van der Waals surface area contributed by atoms with E-state index in [2.05, 4.69) is 46.7 Å². The Kier molecular flexibility index (Phi) is 4.02. The average Bonchev–Trinajstić information content (AvgIpc) is 2.35. The summed E-state index contributed by atoms with van der Waals surface area (Å²) in [6.07, 6.45) is 1.65. The topological polar surface area (TPSA) is 36.4 Å². The number of piperazine rings is 1. The lowest BCUT2D eigenvalue weighted by Crippen LogP contribution is -2.56. The third-order valence-electron chi connectivity index (χ3n) is 3.61. The molecule has 0 aromatic carbocycles. The number of nitrogens with zero attached hydrogens (tertiary/aromatic N) is 3. The number of hydrogen-bond acceptors (Lipinski definition) is 3. The van der Waals surface area contributed by atoms with Gasteiger partial charge in [0.2, 0.25) is 0 Å². The van der Waals surface area contributed by atoms with Gasteiger partial charge in [-0.1, -0.05) is 0 Å². The molecule has 0 N–H and O–H groups in total. The number of likely N-dealkylation sites (N-methyl/N-ethyl adjacent to an activating group) is 1. The summed E-state index contributed by atoms with van der Waals surface area (Å²) >= 11 is 3.39. The van der Waals surface area contributed by atoms with Gasteiger partial charge in [-0.25, -0.2) is 4.98 Å². The summed E-state index contributed by atoms with van der Waals surface area (Å²) in [5.74, 6) is 0.00859. The van der Waals surface area contributed by atoms with Gasteiger partial charge in [0.05, 0.1) is 0 Å². The Balaban J connectivity index is 2.18. The number of halogens is 1. The lowest BCUT2D eigenvalue weighted by molar-refractivity contribution is 0.0408. The Morgan fingerprint density at radius 3 is 2.56 bits per heavy atom. The first-order chi connectivity index (χ1) is 8.50. The number of hydrogen-bond donors (Lipinski definition) is 0. The van der Waals surface area contributed by atoms with E-state index in [9.17, 15) is 4.79 Å². The van der Waals surface area contributed by atoms with Crippen LogP contribution in [0, 0.1) is 0 Å². The summed E-state index contributed by atoms with van der Waals surface area (Å²) in [7, 11) is 2.10. The molecule has 2 heterocycles. The molecule has 0 radical (unpaired) electrons. The number of aromatic nitrogens is 1. The predicted molar refractivity (Wildman–Crippen MR) is 74.5 cm³/mol. The molecule has 1 aromatic rings. The second-order valence-corrected chi connectivity index (χ2v) is 5.76. The van der Waals surface area contributed by atoms with Crippen LogP contribution in [-0.2, 0) is 0 Å². The number of rotatable bonds is 1. The highest BCUT2D eigenvalue weighted by Gasteiger charge is 2.30. The summed E-state index contributed by atoms with van der Waals surface area (Å²) < 4.78 is 0.759. The third kappa shape index (κ3) is 2.57. The van der Waals surface area contributed by atoms with Crippen molar-refractivity contribution < 1.29 is 4.79 Å². The summed E-state index contributed by atoms with van der Waals surface area (Å²) in [6, 6.07) is 4.42. The maximum atomic E-state index is 12.4. The van der Waals surface area contributed by atoms with Crippen LogP contribution in [0.4, 0.5) is 0 Å². The first kappa shape index (κ1) is 13.5. The van der Waals surface area contributed by atoms with E-state index in [-0.39, 0.29) is 5.91 Å². The predicted octanol–water partition coefficient (Wildman–Crippen LogP) is 2.01. The lowest BCUT2D eigenvalue weighted by Gasteiger charge is -2.42. The molecule has 0 aliphatic carbocycles. The number of amides is 1. The molecule has 98 valence electrons. The molecule has 0 bridgehead atoms. The van der Waals surface area contributed by atoms with E-state index in [1.807, 2.05) is 17.0 Å². The van der Waals surface area contributed by atoms with Crippen LogP contribution in [0.15, 0.2) is 22.8 Å². The molecule has 2 unspecified atom stereocenters. The highest BCUT2D eigenvalue weighted by molar-refractivity contribution is 9.10. The highest BCUT2D eigenvalue weighted by atomic mass is 79.9. The van der Waals surface area contributed by atoms with Crippen molar-refractivity contribution >= 4 is 21.8 Å². The van der Waals surface area contributed by atoms with Crippen molar-refractivity contribution in [2.24, 2.45) is 0 Å². The lowest BCUT2D eigenvalue weighted by atomic mass is 10.1. The molecule has 0 spiro atoms. The molecular formula is C13H18BrN3O. The zero-order valence-electron chi connectivity index (χ0n) is 10.9. The fourth-order valence-electron chi connectivity index (χ4n) is 2.26. The van der Waals surface area contributed by atoms with Crippen molar-refractivity contribution in [2.75, 3.05) is 20.1 Å². The fraction of sp³-hybridized carbons (Fsp3) is 0.538. The van der Waals surface area contributed by atoms with Crippen molar-refractivity contribution in [3.63, 3.8) is 0 Å². The number of carbonyl (C=O) groups excluding carboxylic acids is 1. The van der Waals surface area contributed by atoms with E-state index in [1.54, 1.807) is 6.20 Å². The van der Waals surface area contributed by atoms with Crippen molar-refractivity contribution in [2.45, 2.75) is 25.9 Å². The second-order valence-electron chi connectivity index (χ2n) is 4.91. The van der Waals surface area contributed by atoms with Crippen molar-refractivity contribution in [1.82, 2.24) is 14.8 Å². The number of carbonyl (C=O) groups is 1. The molecule has 2 atom stereocenters. The van der Waals surface area contributed by atoms with Gasteiger partial charge >= 0.3 is 0 Å². The Morgan fingerprint density at radius 1 is 1.39 bits per heavy atom. The monoisotopic (exact) mass is 311 g/mol. The molecule has 1 aromatic heterocycles. The Labute approximate surface area is 116 Å². The van der Waals surface area contributed by atoms with Gasteiger partial charge in [-0.05, 0) is 49.0 Å². The van der Waals surface area contributed by atoms with E-state index < -0.39 is 0 Å². The zero-order valence-corrected chi connectivity index (χ0v) is 12.5. The van der Waals surface area contributed by atoms with Crippen LogP contribution in [0.5, 0.6) is 0 Å². The van der Waals surface area contributed by atoms with Crippen molar-refractivity contribution in [3.8, 4) is 0 Å². The third-order valence-corrected chi connectivity index (χ3v) is 4.25. The van der Waals surface area contributed by atoms with E-state index in [1.165, 1.54) is 0 Å². The maximum absolute atomic E-state index is 12.4. The average molecular weight is 312 g/mol. The summed E-state index contributed by atoms with van der Waals surface area (Å²) in [5.41, 5.74) is 0.501. The van der Waals surface area contributed by atoms with Gasteiger partial charge < -0.3 is 4.90 Å². The Morgan fingerprint density at radius 2 is 2.00 bits per heavy atom. The largest absolute Gasteiger partial charge is 0.334 e. The molecule has 0 saturated carbocycles. The SMILES string of the molecule is CC1CN(C(=O)c2ncccc2Br)CC(C)N1C. The standard InChI is InChI=1S/C13H18BrN3O/c1-9-7-17(8-10(2)16(9)3)13(18)12-11(14)5-4-6-15-12/h4-6,9-10H,7-8H2,1-3H3. The first-order valence-electron chi connectivity index (χ1n) is 6.12. The normalized spacial score (nSPS) is 25.2. The Bertz CT molecular complexity index is 440. The van der Waals surface area contributed by atoms with Crippen LogP contribution in [0.3, 0.4) is 0 Å². The van der Waals surface area contributed by atoms with Gasteiger partial charge in [0.15, 0.2) is 0 Å². The van der Waals surface area contributed by atoms with Crippen LogP contribution >= 0.6 is 15.9 Å².